The van der Waals surface area contributed by atoms with Crippen molar-refractivity contribution in [2.24, 2.45) is 0 Å². The van der Waals surface area contributed by atoms with E-state index in [1.807, 2.05) is 6.07 Å². The summed E-state index contributed by atoms with van der Waals surface area (Å²) in [4.78, 5) is 4.40. The van der Waals surface area contributed by atoms with E-state index in [4.69, 9.17) is 0 Å². The van der Waals surface area contributed by atoms with Gasteiger partial charge >= 0.3 is 0 Å². The monoisotopic (exact) mass is 397 g/mol. The fourth-order valence-electron chi connectivity index (χ4n) is 3.33. The van der Waals surface area contributed by atoms with Crippen LogP contribution in [-0.2, 0) is 22.9 Å². The Morgan fingerprint density at radius 2 is 1.71 bits per heavy atom. The van der Waals surface area contributed by atoms with Crippen LogP contribution in [0, 0.1) is 5.82 Å². The number of hydrogen-bond acceptors (Lipinski definition) is 4. The Morgan fingerprint density at radius 3 is 2.46 bits per heavy atom. The van der Waals surface area contributed by atoms with Gasteiger partial charge in [0.05, 0.1) is 16.8 Å². The second-order valence-corrected chi connectivity index (χ2v) is 8.49. The number of aromatic nitrogens is 1. The Morgan fingerprint density at radius 1 is 0.893 bits per heavy atom. The lowest BCUT2D eigenvalue weighted by molar-refractivity contribution is 0.600. The summed E-state index contributed by atoms with van der Waals surface area (Å²) in [6.07, 6.45) is 5.65. The standard InChI is InChI=1S/C21H20FN3O2S/c22-17-6-3-7-18(13-17)24-19-9-11-21(23-14-19)25-28(26,27)20-10-8-15-4-1-2-5-16(15)12-20/h3,6-14,24H,1-2,4-5H2,(H,23,25). The molecule has 0 saturated carbocycles. The van der Waals surface area contributed by atoms with Gasteiger partial charge in [-0.2, -0.15) is 0 Å². The zero-order valence-electron chi connectivity index (χ0n) is 15.2. The smallest absolute Gasteiger partial charge is 0.263 e. The van der Waals surface area contributed by atoms with Gasteiger partial charge in [0, 0.05) is 5.69 Å². The highest BCUT2D eigenvalue weighted by Crippen LogP contribution is 2.25. The normalized spacial score (nSPS) is 13.6. The molecule has 2 aromatic carbocycles. The molecule has 4 rings (SSSR count). The van der Waals surface area contributed by atoms with Gasteiger partial charge in [0.1, 0.15) is 11.6 Å². The zero-order valence-corrected chi connectivity index (χ0v) is 16.0. The quantitative estimate of drug-likeness (QED) is 0.658. The van der Waals surface area contributed by atoms with Gasteiger partial charge in [0.15, 0.2) is 0 Å². The van der Waals surface area contributed by atoms with Crippen LogP contribution in [0.2, 0.25) is 0 Å². The summed E-state index contributed by atoms with van der Waals surface area (Å²) < 4.78 is 41.2. The van der Waals surface area contributed by atoms with Gasteiger partial charge in [0.25, 0.3) is 10.0 Å². The maximum absolute atomic E-state index is 13.3. The molecule has 0 bridgehead atoms. The number of rotatable bonds is 5. The van der Waals surface area contributed by atoms with Crippen LogP contribution in [0.5, 0.6) is 0 Å². The first-order valence-corrected chi connectivity index (χ1v) is 10.6. The number of pyridine rings is 1. The minimum atomic E-state index is -3.71. The summed E-state index contributed by atoms with van der Waals surface area (Å²) in [5.74, 6) is -0.116. The highest BCUT2D eigenvalue weighted by Gasteiger charge is 2.18. The first kappa shape index (κ1) is 18.4. The van der Waals surface area contributed by atoms with E-state index >= 15 is 0 Å². The number of hydrogen-bond donors (Lipinski definition) is 2. The van der Waals surface area contributed by atoms with Crippen LogP contribution in [0.25, 0.3) is 0 Å². The maximum Gasteiger partial charge on any atom is 0.263 e. The third kappa shape index (κ3) is 4.14. The molecule has 2 N–H and O–H groups in total. The van der Waals surface area contributed by atoms with Crippen molar-refractivity contribution in [3.8, 4) is 0 Å². The van der Waals surface area contributed by atoms with E-state index in [0.29, 0.717) is 11.4 Å². The van der Waals surface area contributed by atoms with E-state index in [1.165, 1.54) is 23.9 Å². The van der Waals surface area contributed by atoms with Crippen LogP contribution in [0.15, 0.2) is 65.7 Å². The van der Waals surface area contributed by atoms with Crippen molar-refractivity contribution >= 4 is 27.2 Å². The molecule has 0 atom stereocenters. The van der Waals surface area contributed by atoms with Crippen LogP contribution >= 0.6 is 0 Å². The summed E-state index contributed by atoms with van der Waals surface area (Å²) in [6, 6.07) is 14.6. The molecule has 28 heavy (non-hydrogen) atoms. The molecule has 144 valence electrons. The maximum atomic E-state index is 13.3. The fraction of sp³-hybridized carbons (Fsp3) is 0.190. The molecule has 0 spiro atoms. The summed E-state index contributed by atoms with van der Waals surface area (Å²) in [7, 11) is -3.71. The third-order valence-corrected chi connectivity index (χ3v) is 6.10. The highest BCUT2D eigenvalue weighted by molar-refractivity contribution is 7.92. The number of anilines is 3. The van der Waals surface area contributed by atoms with Gasteiger partial charge < -0.3 is 5.32 Å². The second-order valence-electron chi connectivity index (χ2n) is 6.81. The lowest BCUT2D eigenvalue weighted by atomic mass is 9.92. The Kier molecular flexibility index (Phi) is 5.00. The van der Waals surface area contributed by atoms with E-state index in [1.54, 1.807) is 36.4 Å². The van der Waals surface area contributed by atoms with Crippen LogP contribution in [-0.4, -0.2) is 13.4 Å². The summed E-state index contributed by atoms with van der Waals surface area (Å²) in [5, 5.41) is 3.02. The van der Waals surface area contributed by atoms with Crippen molar-refractivity contribution in [1.29, 1.82) is 0 Å². The van der Waals surface area contributed by atoms with Gasteiger partial charge in [-0.05, 0) is 79.3 Å². The Balaban J connectivity index is 1.49. The first-order chi connectivity index (χ1) is 13.5. The van der Waals surface area contributed by atoms with Crippen LogP contribution in [0.3, 0.4) is 0 Å². The molecule has 0 unspecified atom stereocenters. The zero-order chi connectivity index (χ0) is 19.6. The molecule has 7 heteroatoms. The molecule has 1 aliphatic rings. The summed E-state index contributed by atoms with van der Waals surface area (Å²) in [6.45, 7) is 0. The lowest BCUT2D eigenvalue weighted by Crippen LogP contribution is -2.15. The van der Waals surface area contributed by atoms with E-state index < -0.39 is 10.0 Å². The van der Waals surface area contributed by atoms with Gasteiger partial charge in [-0.25, -0.2) is 17.8 Å². The number of aryl methyl sites for hydroxylation is 2. The molecule has 0 amide bonds. The molecule has 0 radical (unpaired) electrons. The number of fused-ring (bicyclic) bond motifs is 1. The van der Waals surface area contributed by atoms with Crippen molar-refractivity contribution in [2.45, 2.75) is 30.6 Å². The van der Waals surface area contributed by atoms with E-state index in [2.05, 4.69) is 15.0 Å². The third-order valence-electron chi connectivity index (χ3n) is 4.75. The molecular formula is C21H20FN3O2S. The van der Waals surface area contributed by atoms with Crippen molar-refractivity contribution in [1.82, 2.24) is 4.98 Å². The first-order valence-electron chi connectivity index (χ1n) is 9.13. The Bertz CT molecular complexity index is 1100. The van der Waals surface area contributed by atoms with Crippen molar-refractivity contribution in [2.75, 3.05) is 10.0 Å². The van der Waals surface area contributed by atoms with Gasteiger partial charge in [-0.3, -0.25) is 4.72 Å². The second kappa shape index (κ2) is 7.59. The highest BCUT2D eigenvalue weighted by atomic mass is 32.2. The number of nitrogens with zero attached hydrogens (tertiary/aromatic N) is 1. The minimum Gasteiger partial charge on any atom is -0.354 e. The lowest BCUT2D eigenvalue weighted by Gasteiger charge is -2.17. The van der Waals surface area contributed by atoms with Gasteiger partial charge in [-0.1, -0.05) is 12.1 Å². The molecule has 1 aromatic heterocycles. The molecule has 0 fully saturated rings. The van der Waals surface area contributed by atoms with Gasteiger partial charge in [-0.15, -0.1) is 0 Å². The summed E-state index contributed by atoms with van der Waals surface area (Å²) >= 11 is 0. The predicted molar refractivity (Wildman–Crippen MR) is 108 cm³/mol. The molecule has 0 saturated heterocycles. The minimum absolute atomic E-state index is 0.225. The van der Waals surface area contributed by atoms with Crippen molar-refractivity contribution in [3.05, 3.63) is 77.7 Å². The van der Waals surface area contributed by atoms with E-state index in [-0.39, 0.29) is 16.5 Å². The molecule has 0 aliphatic heterocycles. The fourth-order valence-corrected chi connectivity index (χ4v) is 4.39. The van der Waals surface area contributed by atoms with Gasteiger partial charge in [0.2, 0.25) is 0 Å². The topological polar surface area (TPSA) is 71.1 Å². The van der Waals surface area contributed by atoms with Crippen LogP contribution < -0.4 is 10.0 Å². The number of nitrogens with one attached hydrogen (secondary N) is 2. The van der Waals surface area contributed by atoms with Crippen LogP contribution in [0.4, 0.5) is 21.6 Å². The molecule has 5 nitrogen and oxygen atoms in total. The molecular weight excluding hydrogens is 377 g/mol. The van der Waals surface area contributed by atoms with Crippen molar-refractivity contribution in [3.63, 3.8) is 0 Å². The Hall–Kier alpha value is -2.93. The van der Waals surface area contributed by atoms with E-state index in [9.17, 15) is 12.8 Å². The Labute approximate surface area is 163 Å². The molecule has 1 heterocycles. The number of sulfonamides is 1. The average Bonchev–Trinajstić information content (AvgIpc) is 2.69. The largest absolute Gasteiger partial charge is 0.354 e. The number of halogens is 1. The predicted octanol–water partition coefficient (Wildman–Crippen LogP) is 4.64. The van der Waals surface area contributed by atoms with E-state index in [0.717, 1.165) is 31.2 Å². The SMILES string of the molecule is O=S(=O)(Nc1ccc(Nc2cccc(F)c2)cn1)c1ccc2c(c1)CCCC2. The summed E-state index contributed by atoms with van der Waals surface area (Å²) in [5.41, 5.74) is 3.55. The molecule has 3 aromatic rings. The molecule has 1 aliphatic carbocycles. The average molecular weight is 397 g/mol. The van der Waals surface area contributed by atoms with Crippen LogP contribution in [0.1, 0.15) is 24.0 Å². The van der Waals surface area contributed by atoms with Crippen molar-refractivity contribution < 1.29 is 12.8 Å². The number of benzene rings is 2.